The van der Waals surface area contributed by atoms with Gasteiger partial charge in [-0.25, -0.2) is 0 Å². The van der Waals surface area contributed by atoms with Crippen molar-refractivity contribution in [3.8, 4) is 11.5 Å². The molecule has 1 heterocycles. The van der Waals surface area contributed by atoms with E-state index in [0.717, 1.165) is 51.1 Å². The molecule has 1 aliphatic heterocycles. The zero-order valence-electron chi connectivity index (χ0n) is 26.7. The number of para-hydroxylation sites is 2. The van der Waals surface area contributed by atoms with Gasteiger partial charge in [-0.3, -0.25) is 0 Å². The lowest BCUT2D eigenvalue weighted by Crippen LogP contribution is -2.41. The van der Waals surface area contributed by atoms with Gasteiger partial charge in [0, 0.05) is 34.1 Å². The molecule has 0 amide bonds. The molecule has 5 aromatic rings. The number of ether oxygens (including phenoxy) is 2. The van der Waals surface area contributed by atoms with Crippen LogP contribution in [0.25, 0.3) is 0 Å². The van der Waals surface area contributed by atoms with Crippen molar-refractivity contribution < 1.29 is 18.8 Å². The van der Waals surface area contributed by atoms with Gasteiger partial charge in [0.1, 0.15) is 11.5 Å². The summed E-state index contributed by atoms with van der Waals surface area (Å²) in [4.78, 5) is 4.49. The van der Waals surface area contributed by atoms with E-state index in [1.807, 2.05) is 36.4 Å². The van der Waals surface area contributed by atoms with E-state index < -0.39 is 18.3 Å². The van der Waals surface area contributed by atoms with Crippen LogP contribution in [0.1, 0.15) is 27.7 Å². The summed E-state index contributed by atoms with van der Waals surface area (Å²) < 4.78 is 24.2. The molecule has 0 unspecified atom stereocenters. The number of rotatable bonds is 9. The maximum absolute atomic E-state index is 6.61. The van der Waals surface area contributed by atoms with Crippen molar-refractivity contribution in [1.29, 1.82) is 0 Å². The number of hydrogen-bond acceptors (Lipinski definition) is 6. The zero-order chi connectivity index (χ0) is 31.6. The van der Waals surface area contributed by atoms with Crippen LogP contribution in [-0.4, -0.2) is 32.5 Å². The fraction of sp³-hybridized carbons (Fsp3) is 0.211. The summed E-state index contributed by atoms with van der Waals surface area (Å²) in [6, 6.07) is 43.5. The number of anilines is 6. The van der Waals surface area contributed by atoms with Crippen molar-refractivity contribution in [1.82, 2.24) is 0 Å². The SMILES string of the molecule is COc1ccc(N(c2ccccc2)c2cc(B3OC(C)(C)C(C)(C)O3)cc(N(c3ccccc3)c3ccc(OC)cc3)c2)cc1. The molecule has 0 aliphatic carbocycles. The topological polar surface area (TPSA) is 43.4 Å². The van der Waals surface area contributed by atoms with Crippen molar-refractivity contribution in [3.05, 3.63) is 127 Å². The highest BCUT2D eigenvalue weighted by atomic mass is 16.7. The predicted octanol–water partition coefficient (Wildman–Crippen LogP) is 8.94. The van der Waals surface area contributed by atoms with Gasteiger partial charge in [0.05, 0.1) is 25.4 Å². The normalized spacial score (nSPS) is 15.0. The molecule has 0 saturated carbocycles. The molecule has 6 nitrogen and oxygen atoms in total. The second kappa shape index (κ2) is 12.3. The zero-order valence-corrected chi connectivity index (χ0v) is 26.7. The lowest BCUT2D eigenvalue weighted by molar-refractivity contribution is 0.00578. The fourth-order valence-electron chi connectivity index (χ4n) is 5.50. The predicted molar refractivity (Wildman–Crippen MR) is 185 cm³/mol. The van der Waals surface area contributed by atoms with Crippen LogP contribution in [0.4, 0.5) is 34.1 Å². The van der Waals surface area contributed by atoms with E-state index >= 15 is 0 Å². The summed E-state index contributed by atoms with van der Waals surface area (Å²) in [6.07, 6.45) is 0. The van der Waals surface area contributed by atoms with Gasteiger partial charge in [-0.1, -0.05) is 36.4 Å². The van der Waals surface area contributed by atoms with Crippen molar-refractivity contribution in [2.24, 2.45) is 0 Å². The molecule has 0 atom stereocenters. The number of hydrogen-bond donors (Lipinski definition) is 0. The van der Waals surface area contributed by atoms with Crippen LogP contribution in [0.2, 0.25) is 0 Å². The van der Waals surface area contributed by atoms with Crippen LogP contribution >= 0.6 is 0 Å². The Morgan fingerprint density at radius 2 is 0.822 bits per heavy atom. The van der Waals surface area contributed by atoms with Crippen molar-refractivity contribution in [3.63, 3.8) is 0 Å². The second-order valence-electron chi connectivity index (χ2n) is 12.1. The van der Waals surface area contributed by atoms with E-state index in [0.29, 0.717) is 0 Å². The average molecular weight is 599 g/mol. The first-order valence-corrected chi connectivity index (χ1v) is 15.2. The standard InChI is InChI=1S/C38H39BN2O4/c1-37(2)38(3,4)45-39(44-37)28-25-33(40(29-13-9-7-10-14-29)31-17-21-35(42-5)22-18-31)27-34(26-28)41(30-15-11-8-12-16-30)32-19-23-36(43-6)24-20-32/h7-27H,1-6H3. The fourth-order valence-corrected chi connectivity index (χ4v) is 5.50. The molecule has 228 valence electrons. The van der Waals surface area contributed by atoms with Gasteiger partial charge < -0.3 is 28.6 Å². The van der Waals surface area contributed by atoms with Crippen LogP contribution in [0, 0.1) is 0 Å². The van der Waals surface area contributed by atoms with E-state index in [4.69, 9.17) is 18.8 Å². The van der Waals surface area contributed by atoms with E-state index in [1.165, 1.54) is 0 Å². The third kappa shape index (κ3) is 6.14. The lowest BCUT2D eigenvalue weighted by Gasteiger charge is -2.32. The van der Waals surface area contributed by atoms with Gasteiger partial charge in [0.2, 0.25) is 0 Å². The molecule has 0 N–H and O–H groups in total. The molecule has 1 fully saturated rings. The van der Waals surface area contributed by atoms with Gasteiger partial charge in [-0.05, 0) is 124 Å². The molecular weight excluding hydrogens is 559 g/mol. The second-order valence-corrected chi connectivity index (χ2v) is 12.1. The third-order valence-electron chi connectivity index (χ3n) is 8.66. The first kappa shape index (κ1) is 30.3. The van der Waals surface area contributed by atoms with Crippen LogP contribution < -0.4 is 24.7 Å². The first-order valence-electron chi connectivity index (χ1n) is 15.2. The van der Waals surface area contributed by atoms with E-state index in [-0.39, 0.29) is 0 Å². The Hall–Kier alpha value is -4.72. The molecule has 1 saturated heterocycles. The highest BCUT2D eigenvalue weighted by Crippen LogP contribution is 2.42. The number of benzene rings is 5. The molecule has 0 bridgehead atoms. The Kier molecular flexibility index (Phi) is 8.32. The molecule has 1 aliphatic rings. The summed E-state index contributed by atoms with van der Waals surface area (Å²) >= 11 is 0. The van der Waals surface area contributed by atoms with Crippen LogP contribution in [0.3, 0.4) is 0 Å². The Morgan fingerprint density at radius 3 is 1.18 bits per heavy atom. The summed E-state index contributed by atoms with van der Waals surface area (Å²) in [5.74, 6) is 1.60. The average Bonchev–Trinajstić information content (AvgIpc) is 3.29. The summed E-state index contributed by atoms with van der Waals surface area (Å²) in [6.45, 7) is 8.33. The molecular formula is C38H39BN2O4. The Labute approximate surface area is 266 Å². The number of nitrogens with zero attached hydrogens (tertiary/aromatic N) is 2. The van der Waals surface area contributed by atoms with E-state index in [9.17, 15) is 0 Å². The van der Waals surface area contributed by atoms with Crippen molar-refractivity contribution in [2.45, 2.75) is 38.9 Å². The smallest absolute Gasteiger partial charge is 0.494 e. The molecule has 6 rings (SSSR count). The maximum Gasteiger partial charge on any atom is 0.494 e. The third-order valence-corrected chi connectivity index (χ3v) is 8.66. The van der Waals surface area contributed by atoms with E-state index in [2.05, 4.69) is 128 Å². The van der Waals surface area contributed by atoms with Crippen LogP contribution in [-0.2, 0) is 9.31 Å². The van der Waals surface area contributed by atoms with Gasteiger partial charge in [0.25, 0.3) is 0 Å². The highest BCUT2D eigenvalue weighted by Gasteiger charge is 2.52. The minimum Gasteiger partial charge on any atom is -0.497 e. The van der Waals surface area contributed by atoms with Crippen molar-refractivity contribution >= 4 is 46.7 Å². The van der Waals surface area contributed by atoms with Gasteiger partial charge in [-0.15, -0.1) is 0 Å². The maximum atomic E-state index is 6.61. The Bertz CT molecular complexity index is 1600. The summed E-state index contributed by atoms with van der Waals surface area (Å²) in [5, 5.41) is 0. The first-order chi connectivity index (χ1) is 21.7. The quantitative estimate of drug-likeness (QED) is 0.158. The largest absolute Gasteiger partial charge is 0.497 e. The minimum absolute atomic E-state index is 0.488. The van der Waals surface area contributed by atoms with Crippen LogP contribution in [0.5, 0.6) is 11.5 Å². The molecule has 0 aromatic heterocycles. The lowest BCUT2D eigenvalue weighted by atomic mass is 9.78. The Balaban J connectivity index is 1.58. The molecule has 0 spiro atoms. The molecule has 0 radical (unpaired) electrons. The van der Waals surface area contributed by atoms with Gasteiger partial charge >= 0.3 is 7.12 Å². The molecule has 5 aromatic carbocycles. The highest BCUT2D eigenvalue weighted by molar-refractivity contribution is 6.62. The van der Waals surface area contributed by atoms with E-state index in [1.54, 1.807) is 14.2 Å². The van der Waals surface area contributed by atoms with Crippen molar-refractivity contribution in [2.75, 3.05) is 24.0 Å². The minimum atomic E-state index is -0.560. The Morgan fingerprint density at radius 1 is 0.467 bits per heavy atom. The summed E-state index contributed by atoms with van der Waals surface area (Å²) in [7, 11) is 2.80. The summed E-state index contributed by atoms with van der Waals surface area (Å²) in [5.41, 5.74) is 5.90. The number of methoxy groups -OCH3 is 2. The van der Waals surface area contributed by atoms with Gasteiger partial charge in [-0.2, -0.15) is 0 Å². The molecule has 7 heteroatoms. The molecule has 45 heavy (non-hydrogen) atoms. The van der Waals surface area contributed by atoms with Gasteiger partial charge in [0.15, 0.2) is 0 Å². The monoisotopic (exact) mass is 598 g/mol. The van der Waals surface area contributed by atoms with Crippen LogP contribution in [0.15, 0.2) is 127 Å².